The summed E-state index contributed by atoms with van der Waals surface area (Å²) in [5, 5.41) is 7.25. The molecule has 0 aromatic heterocycles. The van der Waals surface area contributed by atoms with E-state index < -0.39 is 0 Å². The van der Waals surface area contributed by atoms with Gasteiger partial charge in [-0.3, -0.25) is 0 Å². The fourth-order valence-electron chi connectivity index (χ4n) is 2.91. The van der Waals surface area contributed by atoms with E-state index in [2.05, 4.69) is 17.6 Å². The lowest BCUT2D eigenvalue weighted by Gasteiger charge is -2.26. The van der Waals surface area contributed by atoms with Crippen molar-refractivity contribution in [2.24, 2.45) is 5.92 Å². The van der Waals surface area contributed by atoms with E-state index >= 15 is 0 Å². The third-order valence-electron chi connectivity index (χ3n) is 3.94. The normalized spacial score (nSPS) is 32.1. The summed E-state index contributed by atoms with van der Waals surface area (Å²) >= 11 is 0. The van der Waals surface area contributed by atoms with Gasteiger partial charge in [0.1, 0.15) is 0 Å². The van der Waals surface area contributed by atoms with Crippen molar-refractivity contribution in [3.8, 4) is 0 Å². The van der Waals surface area contributed by atoms with Crippen LogP contribution in [0.3, 0.4) is 0 Å². The van der Waals surface area contributed by atoms with Crippen LogP contribution in [0, 0.1) is 5.92 Å². The van der Waals surface area contributed by atoms with Gasteiger partial charge in [-0.1, -0.05) is 26.2 Å². The first-order chi connectivity index (χ1) is 7.90. The molecule has 0 bridgehead atoms. The van der Waals surface area contributed by atoms with Crippen molar-refractivity contribution < 1.29 is 4.74 Å². The van der Waals surface area contributed by atoms with Crippen LogP contribution in [0.1, 0.15) is 39.0 Å². The Balaban J connectivity index is 1.67. The lowest BCUT2D eigenvalue weighted by molar-refractivity contribution is 0.181. The largest absolute Gasteiger partial charge is 0.379 e. The molecule has 2 rings (SSSR count). The van der Waals surface area contributed by atoms with Crippen LogP contribution in [0.5, 0.6) is 0 Å². The van der Waals surface area contributed by atoms with Crippen molar-refractivity contribution in [1.82, 2.24) is 10.6 Å². The van der Waals surface area contributed by atoms with Crippen LogP contribution < -0.4 is 10.6 Å². The number of rotatable bonds is 5. The van der Waals surface area contributed by atoms with Crippen molar-refractivity contribution in [1.29, 1.82) is 0 Å². The first-order valence-electron chi connectivity index (χ1n) is 6.94. The summed E-state index contributed by atoms with van der Waals surface area (Å²) in [5.74, 6) is 0.668. The van der Waals surface area contributed by atoms with Crippen LogP contribution in [-0.2, 0) is 4.74 Å². The second-order valence-corrected chi connectivity index (χ2v) is 5.20. The highest BCUT2D eigenvalue weighted by Gasteiger charge is 2.27. The van der Waals surface area contributed by atoms with Crippen LogP contribution in [0.25, 0.3) is 0 Å². The Morgan fingerprint density at radius 1 is 1.06 bits per heavy atom. The summed E-state index contributed by atoms with van der Waals surface area (Å²) < 4.78 is 5.56. The molecule has 94 valence electrons. The molecule has 0 amide bonds. The van der Waals surface area contributed by atoms with Crippen molar-refractivity contribution in [2.75, 3.05) is 26.3 Å². The molecule has 3 nitrogen and oxygen atoms in total. The highest BCUT2D eigenvalue weighted by Crippen LogP contribution is 2.19. The molecule has 0 radical (unpaired) electrons. The number of nitrogens with one attached hydrogen (secondary N) is 2. The Labute approximate surface area is 99.3 Å². The van der Waals surface area contributed by atoms with Gasteiger partial charge in [-0.25, -0.2) is 0 Å². The third kappa shape index (κ3) is 3.44. The maximum atomic E-state index is 5.56. The molecule has 1 saturated heterocycles. The van der Waals surface area contributed by atoms with E-state index in [-0.39, 0.29) is 0 Å². The monoisotopic (exact) mass is 226 g/mol. The van der Waals surface area contributed by atoms with Crippen molar-refractivity contribution in [2.45, 2.75) is 51.1 Å². The van der Waals surface area contributed by atoms with Crippen molar-refractivity contribution in [3.05, 3.63) is 0 Å². The van der Waals surface area contributed by atoms with Gasteiger partial charge in [0.05, 0.1) is 13.2 Å². The fraction of sp³-hybridized carbons (Fsp3) is 1.00. The van der Waals surface area contributed by atoms with E-state index in [1.165, 1.54) is 32.1 Å². The predicted octanol–water partition coefficient (Wildman–Crippen LogP) is 1.53. The van der Waals surface area contributed by atoms with Gasteiger partial charge in [-0.2, -0.15) is 0 Å². The average Bonchev–Trinajstić information content (AvgIpc) is 2.76. The third-order valence-corrected chi connectivity index (χ3v) is 3.94. The van der Waals surface area contributed by atoms with Gasteiger partial charge in [0.15, 0.2) is 0 Å². The molecule has 2 unspecified atom stereocenters. The van der Waals surface area contributed by atoms with Crippen LogP contribution in [0.2, 0.25) is 0 Å². The van der Waals surface area contributed by atoms with Crippen LogP contribution in [0.15, 0.2) is 0 Å². The molecule has 1 aliphatic carbocycles. The molecule has 0 aromatic rings. The molecule has 2 aliphatic rings. The van der Waals surface area contributed by atoms with Gasteiger partial charge in [0.25, 0.3) is 0 Å². The van der Waals surface area contributed by atoms with E-state index in [4.69, 9.17) is 4.74 Å². The standard InChI is InChI=1S/C13H26N2O/c1-2-14-13-10-16-9-11(13)8-15-12-6-4-3-5-7-12/h11-15H,2-10H2,1H3. The Morgan fingerprint density at radius 2 is 1.88 bits per heavy atom. The molecule has 0 spiro atoms. The molecule has 0 aromatic carbocycles. The van der Waals surface area contributed by atoms with E-state index in [9.17, 15) is 0 Å². The molecule has 2 fully saturated rings. The molecular weight excluding hydrogens is 200 g/mol. The average molecular weight is 226 g/mol. The van der Waals surface area contributed by atoms with Gasteiger partial charge < -0.3 is 15.4 Å². The summed E-state index contributed by atoms with van der Waals surface area (Å²) in [6, 6.07) is 1.35. The zero-order chi connectivity index (χ0) is 11.2. The number of likely N-dealkylation sites (N-methyl/N-ethyl adjacent to an activating group) is 1. The van der Waals surface area contributed by atoms with Gasteiger partial charge in [0.2, 0.25) is 0 Å². The minimum absolute atomic E-state index is 0.570. The van der Waals surface area contributed by atoms with Gasteiger partial charge in [-0.15, -0.1) is 0 Å². The smallest absolute Gasteiger partial charge is 0.0623 e. The van der Waals surface area contributed by atoms with Gasteiger partial charge in [-0.05, 0) is 19.4 Å². The molecule has 1 heterocycles. The summed E-state index contributed by atoms with van der Waals surface area (Å²) in [6.07, 6.45) is 7.01. The lowest BCUT2D eigenvalue weighted by Crippen LogP contribution is -2.43. The molecule has 1 saturated carbocycles. The van der Waals surface area contributed by atoms with Crippen LogP contribution in [0.4, 0.5) is 0 Å². The second-order valence-electron chi connectivity index (χ2n) is 5.20. The number of ether oxygens (including phenoxy) is 1. The zero-order valence-corrected chi connectivity index (χ0v) is 10.5. The predicted molar refractivity (Wildman–Crippen MR) is 66.6 cm³/mol. The highest BCUT2D eigenvalue weighted by molar-refractivity contribution is 4.84. The fourth-order valence-corrected chi connectivity index (χ4v) is 2.91. The zero-order valence-electron chi connectivity index (χ0n) is 10.5. The SMILES string of the molecule is CCNC1COCC1CNC1CCCCC1. The second kappa shape index (κ2) is 6.58. The summed E-state index contributed by atoms with van der Waals surface area (Å²) in [7, 11) is 0. The Morgan fingerprint density at radius 3 is 2.62 bits per heavy atom. The minimum atomic E-state index is 0.570. The molecule has 2 N–H and O–H groups in total. The molecule has 1 aliphatic heterocycles. The highest BCUT2D eigenvalue weighted by atomic mass is 16.5. The Hall–Kier alpha value is -0.120. The van der Waals surface area contributed by atoms with Gasteiger partial charge in [0, 0.05) is 24.5 Å². The lowest BCUT2D eigenvalue weighted by atomic mass is 9.94. The summed E-state index contributed by atoms with van der Waals surface area (Å²) in [5.41, 5.74) is 0. The Kier molecular flexibility index (Phi) is 5.07. The van der Waals surface area contributed by atoms with E-state index in [1.54, 1.807) is 0 Å². The topological polar surface area (TPSA) is 33.3 Å². The van der Waals surface area contributed by atoms with E-state index in [0.29, 0.717) is 12.0 Å². The maximum Gasteiger partial charge on any atom is 0.0623 e. The first kappa shape index (κ1) is 12.3. The summed E-state index contributed by atoms with van der Waals surface area (Å²) in [4.78, 5) is 0. The van der Waals surface area contributed by atoms with E-state index in [0.717, 1.165) is 32.3 Å². The number of hydrogen-bond acceptors (Lipinski definition) is 3. The molecule has 2 atom stereocenters. The first-order valence-corrected chi connectivity index (χ1v) is 6.94. The van der Waals surface area contributed by atoms with Crippen LogP contribution >= 0.6 is 0 Å². The quantitative estimate of drug-likeness (QED) is 0.746. The molecule has 16 heavy (non-hydrogen) atoms. The van der Waals surface area contributed by atoms with E-state index in [1.807, 2.05) is 0 Å². The number of hydrogen-bond donors (Lipinski definition) is 2. The molecule has 3 heteroatoms. The van der Waals surface area contributed by atoms with Gasteiger partial charge >= 0.3 is 0 Å². The van der Waals surface area contributed by atoms with Crippen molar-refractivity contribution >= 4 is 0 Å². The maximum absolute atomic E-state index is 5.56. The minimum Gasteiger partial charge on any atom is -0.379 e. The van der Waals surface area contributed by atoms with Crippen molar-refractivity contribution in [3.63, 3.8) is 0 Å². The summed E-state index contributed by atoms with van der Waals surface area (Å²) in [6.45, 7) is 6.17. The Bertz CT molecular complexity index is 192. The molecular formula is C13H26N2O. The van der Waals surface area contributed by atoms with Crippen LogP contribution in [-0.4, -0.2) is 38.4 Å².